The van der Waals surface area contributed by atoms with Crippen LogP contribution in [0.2, 0.25) is 0 Å². The molecule has 0 bridgehead atoms. The van der Waals surface area contributed by atoms with Crippen molar-refractivity contribution in [3.63, 3.8) is 0 Å². The maximum absolute atomic E-state index is 11.0. The zero-order chi connectivity index (χ0) is 12.8. The van der Waals surface area contributed by atoms with Crippen LogP contribution in [-0.4, -0.2) is 26.4 Å². The minimum absolute atomic E-state index is 0.110. The Morgan fingerprint density at radius 2 is 2.18 bits per heavy atom. The van der Waals surface area contributed by atoms with Gasteiger partial charge in [0.1, 0.15) is 12.0 Å². The van der Waals surface area contributed by atoms with Gasteiger partial charge < -0.3 is 14.8 Å². The van der Waals surface area contributed by atoms with Gasteiger partial charge in [0.2, 0.25) is 5.91 Å². The summed E-state index contributed by atoms with van der Waals surface area (Å²) in [5.41, 5.74) is 1.03. The van der Waals surface area contributed by atoms with Gasteiger partial charge in [0, 0.05) is 20.5 Å². The van der Waals surface area contributed by atoms with E-state index >= 15 is 0 Å². The zero-order valence-corrected chi connectivity index (χ0v) is 11.7. The van der Waals surface area contributed by atoms with E-state index < -0.39 is 0 Å². The highest BCUT2D eigenvalue weighted by Crippen LogP contribution is 2.26. The van der Waals surface area contributed by atoms with Crippen molar-refractivity contribution in [2.75, 3.05) is 14.2 Å². The fourth-order valence-electron chi connectivity index (χ4n) is 1.47. The number of hydrogen-bond donors (Lipinski definition) is 1. The first-order valence-electron chi connectivity index (χ1n) is 5.19. The standard InChI is InChI=1S/C12H16BrNO3/c1-8(15)14-12(17-3)7-9-4-5-10(13)11(6-9)16-2/h4-6,12H,7H2,1-3H3,(H,14,15). The summed E-state index contributed by atoms with van der Waals surface area (Å²) >= 11 is 3.39. The summed E-state index contributed by atoms with van der Waals surface area (Å²) < 4.78 is 11.3. The molecule has 94 valence electrons. The summed E-state index contributed by atoms with van der Waals surface area (Å²) in [7, 11) is 3.18. The third kappa shape index (κ3) is 4.36. The summed E-state index contributed by atoms with van der Waals surface area (Å²) in [6, 6.07) is 5.78. The van der Waals surface area contributed by atoms with E-state index in [1.54, 1.807) is 14.2 Å². The predicted octanol–water partition coefficient (Wildman–Crippen LogP) is 2.11. The third-order valence-electron chi connectivity index (χ3n) is 2.29. The summed E-state index contributed by atoms with van der Waals surface area (Å²) in [6.07, 6.45) is 0.276. The van der Waals surface area contributed by atoms with Gasteiger partial charge in [-0.05, 0) is 33.6 Å². The maximum atomic E-state index is 11.0. The molecule has 0 fully saturated rings. The molecule has 1 unspecified atom stereocenters. The first-order valence-corrected chi connectivity index (χ1v) is 5.98. The molecule has 0 aliphatic carbocycles. The van der Waals surface area contributed by atoms with Gasteiger partial charge in [-0.1, -0.05) is 6.07 Å². The van der Waals surface area contributed by atoms with E-state index in [0.717, 1.165) is 15.8 Å². The molecule has 1 rings (SSSR count). The lowest BCUT2D eigenvalue weighted by molar-refractivity contribution is -0.122. The van der Waals surface area contributed by atoms with Crippen molar-refractivity contribution < 1.29 is 14.3 Å². The van der Waals surface area contributed by atoms with Crippen molar-refractivity contribution in [2.24, 2.45) is 0 Å². The van der Waals surface area contributed by atoms with Crippen molar-refractivity contribution in [3.8, 4) is 5.75 Å². The summed E-state index contributed by atoms with van der Waals surface area (Å²) in [5.74, 6) is 0.654. The molecule has 1 aromatic carbocycles. The van der Waals surface area contributed by atoms with Crippen LogP contribution < -0.4 is 10.1 Å². The number of carbonyl (C=O) groups is 1. The number of carbonyl (C=O) groups excluding carboxylic acids is 1. The summed E-state index contributed by atoms with van der Waals surface area (Å²) in [4.78, 5) is 11.0. The van der Waals surface area contributed by atoms with Crippen LogP contribution in [0.4, 0.5) is 0 Å². The van der Waals surface area contributed by atoms with Crippen LogP contribution >= 0.6 is 15.9 Å². The molecule has 0 spiro atoms. The number of ether oxygens (including phenoxy) is 2. The van der Waals surface area contributed by atoms with Crippen molar-refractivity contribution in [2.45, 2.75) is 19.6 Å². The van der Waals surface area contributed by atoms with Crippen molar-refractivity contribution in [1.82, 2.24) is 5.32 Å². The topological polar surface area (TPSA) is 47.6 Å². The first kappa shape index (κ1) is 14.0. The molecule has 0 aromatic heterocycles. The molecule has 4 nitrogen and oxygen atoms in total. The number of benzene rings is 1. The molecular weight excluding hydrogens is 286 g/mol. The molecular formula is C12H16BrNO3. The van der Waals surface area contributed by atoms with Gasteiger partial charge >= 0.3 is 0 Å². The average molecular weight is 302 g/mol. The van der Waals surface area contributed by atoms with Crippen LogP contribution in [0.15, 0.2) is 22.7 Å². The summed E-state index contributed by atoms with van der Waals surface area (Å²) in [5, 5.41) is 2.72. The van der Waals surface area contributed by atoms with Crippen LogP contribution in [0.3, 0.4) is 0 Å². The lowest BCUT2D eigenvalue weighted by Crippen LogP contribution is -2.36. The molecule has 0 heterocycles. The van der Waals surface area contributed by atoms with E-state index in [0.29, 0.717) is 6.42 Å². The SMILES string of the molecule is COc1cc(CC(NC(C)=O)OC)ccc1Br. The van der Waals surface area contributed by atoms with E-state index in [9.17, 15) is 4.79 Å². The molecule has 1 amide bonds. The number of hydrogen-bond acceptors (Lipinski definition) is 3. The molecule has 1 atom stereocenters. The van der Waals surface area contributed by atoms with Gasteiger partial charge in [-0.3, -0.25) is 4.79 Å². The lowest BCUT2D eigenvalue weighted by Gasteiger charge is -2.16. The zero-order valence-electron chi connectivity index (χ0n) is 10.1. The normalized spacial score (nSPS) is 12.0. The van der Waals surface area contributed by atoms with E-state index in [4.69, 9.17) is 9.47 Å². The van der Waals surface area contributed by atoms with Gasteiger partial charge in [0.25, 0.3) is 0 Å². The minimum atomic E-state index is -0.321. The fourth-order valence-corrected chi connectivity index (χ4v) is 1.87. The molecule has 5 heteroatoms. The maximum Gasteiger partial charge on any atom is 0.218 e. The van der Waals surface area contributed by atoms with Crippen LogP contribution in [-0.2, 0) is 16.0 Å². The molecule has 1 N–H and O–H groups in total. The smallest absolute Gasteiger partial charge is 0.218 e. The number of halogens is 1. The Bertz CT molecular complexity index is 395. The van der Waals surface area contributed by atoms with Gasteiger partial charge in [0.05, 0.1) is 11.6 Å². The lowest BCUT2D eigenvalue weighted by atomic mass is 10.1. The number of rotatable bonds is 5. The quantitative estimate of drug-likeness (QED) is 0.848. The highest BCUT2D eigenvalue weighted by Gasteiger charge is 2.10. The van der Waals surface area contributed by atoms with E-state index in [1.165, 1.54) is 6.92 Å². The van der Waals surface area contributed by atoms with Gasteiger partial charge in [0.15, 0.2) is 0 Å². The van der Waals surface area contributed by atoms with Crippen molar-refractivity contribution in [3.05, 3.63) is 28.2 Å². The van der Waals surface area contributed by atoms with Crippen LogP contribution in [0, 0.1) is 0 Å². The Labute approximate surface area is 109 Å². The number of amides is 1. The fraction of sp³-hybridized carbons (Fsp3) is 0.417. The number of methoxy groups -OCH3 is 2. The van der Waals surface area contributed by atoms with E-state index in [-0.39, 0.29) is 12.1 Å². The first-order chi connectivity index (χ1) is 8.06. The third-order valence-corrected chi connectivity index (χ3v) is 2.94. The Hall–Kier alpha value is -1.07. The van der Waals surface area contributed by atoms with Crippen LogP contribution in [0.25, 0.3) is 0 Å². The average Bonchev–Trinajstić information content (AvgIpc) is 2.30. The second-order valence-corrected chi connectivity index (χ2v) is 4.45. The second-order valence-electron chi connectivity index (χ2n) is 3.60. The summed E-state index contributed by atoms with van der Waals surface area (Å²) in [6.45, 7) is 1.47. The molecule has 17 heavy (non-hydrogen) atoms. The van der Waals surface area contributed by atoms with Crippen molar-refractivity contribution in [1.29, 1.82) is 0 Å². The van der Waals surface area contributed by atoms with Crippen LogP contribution in [0.5, 0.6) is 5.75 Å². The highest BCUT2D eigenvalue weighted by atomic mass is 79.9. The number of nitrogens with one attached hydrogen (secondary N) is 1. The highest BCUT2D eigenvalue weighted by molar-refractivity contribution is 9.10. The predicted molar refractivity (Wildman–Crippen MR) is 69.0 cm³/mol. The Kier molecular flexibility index (Phi) is 5.44. The van der Waals surface area contributed by atoms with Gasteiger partial charge in [-0.2, -0.15) is 0 Å². The molecule has 0 saturated heterocycles. The Morgan fingerprint density at radius 3 is 2.71 bits per heavy atom. The van der Waals surface area contributed by atoms with Crippen molar-refractivity contribution >= 4 is 21.8 Å². The Morgan fingerprint density at radius 1 is 1.47 bits per heavy atom. The largest absolute Gasteiger partial charge is 0.496 e. The van der Waals surface area contributed by atoms with Gasteiger partial charge in [-0.25, -0.2) is 0 Å². The van der Waals surface area contributed by atoms with E-state index in [2.05, 4.69) is 21.2 Å². The minimum Gasteiger partial charge on any atom is -0.496 e. The molecule has 0 aliphatic heterocycles. The molecule has 0 aliphatic rings. The van der Waals surface area contributed by atoms with Gasteiger partial charge in [-0.15, -0.1) is 0 Å². The second kappa shape index (κ2) is 6.61. The molecule has 0 saturated carbocycles. The van der Waals surface area contributed by atoms with Crippen LogP contribution in [0.1, 0.15) is 12.5 Å². The Balaban J connectivity index is 2.75. The molecule has 1 aromatic rings. The monoisotopic (exact) mass is 301 g/mol. The molecule has 0 radical (unpaired) electrons. The van der Waals surface area contributed by atoms with E-state index in [1.807, 2.05) is 18.2 Å².